The van der Waals surface area contributed by atoms with Gasteiger partial charge in [0.1, 0.15) is 12.4 Å². The van der Waals surface area contributed by atoms with Crippen LogP contribution in [0.25, 0.3) is 0 Å². The fourth-order valence-electron chi connectivity index (χ4n) is 4.85. The van der Waals surface area contributed by atoms with Gasteiger partial charge in [-0.2, -0.15) is 0 Å². The van der Waals surface area contributed by atoms with E-state index in [1.54, 1.807) is 7.11 Å². The van der Waals surface area contributed by atoms with E-state index in [4.69, 9.17) is 14.2 Å². The van der Waals surface area contributed by atoms with Crippen LogP contribution in [0.2, 0.25) is 0 Å². The number of hydrogen-bond acceptors (Lipinski definition) is 5. The molecule has 0 spiro atoms. The average molecular weight is 391 g/mol. The van der Waals surface area contributed by atoms with Gasteiger partial charge in [0, 0.05) is 33.2 Å². The average Bonchev–Trinajstić information content (AvgIpc) is 2.71. The SMILES string of the molecule is COCOC1CC2(C)CN(Cc3ccccc3)CC1(C)N2C(=O)OC(C)(C)C. The van der Waals surface area contributed by atoms with Gasteiger partial charge < -0.3 is 14.2 Å². The van der Waals surface area contributed by atoms with Crippen molar-refractivity contribution in [3.63, 3.8) is 0 Å². The molecule has 28 heavy (non-hydrogen) atoms. The number of hydrogen-bond donors (Lipinski definition) is 0. The van der Waals surface area contributed by atoms with Crippen molar-refractivity contribution >= 4 is 6.09 Å². The van der Waals surface area contributed by atoms with Crippen molar-refractivity contribution in [2.75, 3.05) is 27.0 Å². The first-order valence-electron chi connectivity index (χ1n) is 9.97. The summed E-state index contributed by atoms with van der Waals surface area (Å²) in [6.07, 6.45) is 0.392. The van der Waals surface area contributed by atoms with E-state index >= 15 is 0 Å². The molecule has 6 heteroatoms. The predicted octanol–water partition coefficient (Wildman–Crippen LogP) is 3.65. The third-order valence-corrected chi connectivity index (χ3v) is 5.69. The van der Waals surface area contributed by atoms with Gasteiger partial charge in [0.2, 0.25) is 0 Å². The number of piperazine rings is 1. The molecule has 0 N–H and O–H groups in total. The summed E-state index contributed by atoms with van der Waals surface area (Å²) >= 11 is 0. The van der Waals surface area contributed by atoms with Gasteiger partial charge in [0.25, 0.3) is 0 Å². The molecule has 2 bridgehead atoms. The third kappa shape index (κ3) is 4.19. The number of amides is 1. The Balaban J connectivity index is 1.87. The number of ether oxygens (including phenoxy) is 3. The van der Waals surface area contributed by atoms with Crippen LogP contribution in [0.1, 0.15) is 46.6 Å². The minimum Gasteiger partial charge on any atom is -0.444 e. The normalized spacial score (nSPS) is 30.5. The van der Waals surface area contributed by atoms with Crippen LogP contribution in [0.4, 0.5) is 4.79 Å². The molecule has 0 aliphatic carbocycles. The number of likely N-dealkylation sites (tertiary alicyclic amines) is 1. The molecule has 2 saturated heterocycles. The summed E-state index contributed by atoms with van der Waals surface area (Å²) < 4.78 is 17.0. The minimum absolute atomic E-state index is 0.106. The summed E-state index contributed by atoms with van der Waals surface area (Å²) in [5, 5.41) is 0. The fraction of sp³-hybridized carbons (Fsp3) is 0.682. The molecule has 0 aromatic heterocycles. The van der Waals surface area contributed by atoms with Crippen molar-refractivity contribution in [1.29, 1.82) is 0 Å². The van der Waals surface area contributed by atoms with Crippen LogP contribution in [0.5, 0.6) is 0 Å². The second-order valence-corrected chi connectivity index (χ2v) is 9.57. The van der Waals surface area contributed by atoms with Gasteiger partial charge in [0.15, 0.2) is 0 Å². The molecule has 156 valence electrons. The second kappa shape index (κ2) is 7.65. The van der Waals surface area contributed by atoms with Crippen LogP contribution >= 0.6 is 0 Å². The van der Waals surface area contributed by atoms with E-state index in [2.05, 4.69) is 43.0 Å². The van der Waals surface area contributed by atoms with Crippen molar-refractivity contribution in [2.45, 2.75) is 70.4 Å². The minimum atomic E-state index is -0.534. The van der Waals surface area contributed by atoms with E-state index in [9.17, 15) is 4.79 Å². The molecular formula is C22H34N2O4. The second-order valence-electron chi connectivity index (χ2n) is 9.57. The summed E-state index contributed by atoms with van der Waals surface area (Å²) in [7, 11) is 1.62. The molecule has 1 amide bonds. The van der Waals surface area contributed by atoms with E-state index in [1.165, 1.54) is 5.56 Å². The summed E-state index contributed by atoms with van der Waals surface area (Å²) in [5.41, 5.74) is -0.104. The quantitative estimate of drug-likeness (QED) is 0.719. The zero-order valence-corrected chi connectivity index (χ0v) is 18.0. The van der Waals surface area contributed by atoms with Gasteiger partial charge in [-0.05, 0) is 40.2 Å². The van der Waals surface area contributed by atoms with E-state index in [0.29, 0.717) is 0 Å². The summed E-state index contributed by atoms with van der Waals surface area (Å²) in [5.74, 6) is 0. The lowest BCUT2D eigenvalue weighted by Gasteiger charge is -2.52. The lowest BCUT2D eigenvalue weighted by molar-refractivity contribution is -0.117. The first-order valence-corrected chi connectivity index (χ1v) is 9.97. The lowest BCUT2D eigenvalue weighted by Crippen LogP contribution is -2.68. The lowest BCUT2D eigenvalue weighted by atomic mass is 9.94. The first kappa shape index (κ1) is 21.1. The molecule has 3 rings (SSSR count). The van der Waals surface area contributed by atoms with Crippen molar-refractivity contribution in [2.24, 2.45) is 0 Å². The number of benzene rings is 1. The number of rotatable bonds is 5. The van der Waals surface area contributed by atoms with Gasteiger partial charge in [-0.15, -0.1) is 0 Å². The smallest absolute Gasteiger partial charge is 0.411 e. The number of methoxy groups -OCH3 is 1. The number of carbonyl (C=O) groups is 1. The molecule has 1 aromatic rings. The van der Waals surface area contributed by atoms with Gasteiger partial charge in [-0.1, -0.05) is 30.3 Å². The largest absolute Gasteiger partial charge is 0.444 e. The van der Waals surface area contributed by atoms with Crippen LogP contribution in [0.3, 0.4) is 0 Å². The molecule has 2 fully saturated rings. The maximum atomic E-state index is 13.2. The molecule has 3 atom stereocenters. The van der Waals surface area contributed by atoms with E-state index in [1.807, 2.05) is 31.7 Å². The molecule has 0 saturated carbocycles. The number of fused-ring (bicyclic) bond motifs is 2. The molecule has 3 unspecified atom stereocenters. The van der Waals surface area contributed by atoms with Gasteiger partial charge >= 0.3 is 6.09 Å². The standard InChI is InChI=1S/C22H34N2O4/c1-20(2,3)28-19(25)24-21(4)12-18(27-16-26-6)22(24,5)15-23(14-21)13-17-10-8-7-9-11-17/h7-11,18H,12-16H2,1-6H3. The molecule has 2 aliphatic heterocycles. The molecule has 2 aliphatic rings. The Hall–Kier alpha value is -1.63. The van der Waals surface area contributed by atoms with Crippen LogP contribution in [-0.2, 0) is 20.8 Å². The Kier molecular flexibility index (Phi) is 5.76. The Bertz CT molecular complexity index is 690. The first-order chi connectivity index (χ1) is 13.1. The van der Waals surface area contributed by atoms with Gasteiger partial charge in [-0.3, -0.25) is 9.80 Å². The number of nitrogens with zero attached hydrogens (tertiary/aromatic N) is 2. The van der Waals surface area contributed by atoms with Crippen molar-refractivity contribution in [3.05, 3.63) is 35.9 Å². The van der Waals surface area contributed by atoms with Crippen molar-refractivity contribution in [1.82, 2.24) is 9.80 Å². The third-order valence-electron chi connectivity index (χ3n) is 5.69. The Morgan fingerprint density at radius 1 is 1.18 bits per heavy atom. The van der Waals surface area contributed by atoms with Crippen molar-refractivity contribution in [3.8, 4) is 0 Å². The van der Waals surface area contributed by atoms with E-state index in [-0.39, 0.29) is 24.5 Å². The predicted molar refractivity (Wildman–Crippen MR) is 108 cm³/mol. The highest BCUT2D eigenvalue weighted by Gasteiger charge is 2.63. The molecule has 6 nitrogen and oxygen atoms in total. The zero-order valence-electron chi connectivity index (χ0n) is 18.0. The maximum absolute atomic E-state index is 13.2. The highest BCUT2D eigenvalue weighted by Crippen LogP contribution is 2.48. The van der Waals surface area contributed by atoms with Crippen LogP contribution in [0.15, 0.2) is 30.3 Å². The monoisotopic (exact) mass is 390 g/mol. The summed E-state index contributed by atoms with van der Waals surface area (Å²) in [6, 6.07) is 10.5. The van der Waals surface area contributed by atoms with Crippen LogP contribution in [0, 0.1) is 0 Å². The number of carbonyl (C=O) groups excluding carboxylic acids is 1. The molecule has 2 heterocycles. The zero-order chi connectivity index (χ0) is 20.6. The highest BCUT2D eigenvalue weighted by atomic mass is 16.7. The maximum Gasteiger partial charge on any atom is 0.411 e. The topological polar surface area (TPSA) is 51.2 Å². The molecule has 1 aromatic carbocycles. The van der Waals surface area contributed by atoms with E-state index in [0.717, 1.165) is 26.1 Å². The Morgan fingerprint density at radius 2 is 1.86 bits per heavy atom. The highest BCUT2D eigenvalue weighted by molar-refractivity contribution is 5.71. The van der Waals surface area contributed by atoms with E-state index < -0.39 is 11.1 Å². The Morgan fingerprint density at radius 3 is 2.46 bits per heavy atom. The molecular weight excluding hydrogens is 356 g/mol. The fourth-order valence-corrected chi connectivity index (χ4v) is 4.85. The summed E-state index contributed by atoms with van der Waals surface area (Å²) in [4.78, 5) is 17.5. The molecule has 0 radical (unpaired) electrons. The van der Waals surface area contributed by atoms with Crippen molar-refractivity contribution < 1.29 is 19.0 Å². The van der Waals surface area contributed by atoms with Gasteiger partial charge in [0.05, 0.1) is 17.2 Å². The summed E-state index contributed by atoms with van der Waals surface area (Å²) in [6.45, 7) is 12.5. The Labute approximate surface area is 168 Å². The van der Waals surface area contributed by atoms with Crippen LogP contribution in [-0.4, -0.2) is 65.7 Å². The van der Waals surface area contributed by atoms with Gasteiger partial charge in [-0.25, -0.2) is 4.79 Å². The van der Waals surface area contributed by atoms with Crippen LogP contribution < -0.4 is 0 Å².